The summed E-state index contributed by atoms with van der Waals surface area (Å²) in [6, 6.07) is 0. The van der Waals surface area contributed by atoms with E-state index in [1.807, 2.05) is 0 Å². The monoisotopic (exact) mass is 235 g/mol. The van der Waals surface area contributed by atoms with Gasteiger partial charge in [-0.15, -0.1) is 0 Å². The molecular weight excluding hydrogens is 226 g/mol. The number of carboxylic acids is 1. The van der Waals surface area contributed by atoms with Crippen LogP contribution in [-0.4, -0.2) is 29.6 Å². The highest BCUT2D eigenvalue weighted by atomic mass is 32.2. The molecule has 0 bridgehead atoms. The van der Waals surface area contributed by atoms with Gasteiger partial charge >= 0.3 is 5.97 Å². The number of carbonyl (C=O) groups is 1. The fourth-order valence-electron chi connectivity index (χ4n) is 0.844. The van der Waals surface area contributed by atoms with E-state index in [4.69, 9.17) is 5.11 Å². The highest BCUT2D eigenvalue weighted by Gasteiger charge is 2.18. The number of hydrogen-bond acceptors (Lipinski definition) is 5. The first-order chi connectivity index (χ1) is 6.46. The third kappa shape index (κ3) is 2.52. The molecule has 7 heteroatoms. The Morgan fingerprint density at radius 3 is 2.79 bits per heavy atom. The Bertz CT molecular complexity index is 434. The molecule has 0 aliphatic carbocycles. The van der Waals surface area contributed by atoms with Gasteiger partial charge in [-0.25, -0.2) is 13.2 Å². The van der Waals surface area contributed by atoms with Gasteiger partial charge in [0.25, 0.3) is 0 Å². The predicted octanol–water partition coefficient (Wildman–Crippen LogP) is 0.776. The van der Waals surface area contributed by atoms with Crippen molar-refractivity contribution < 1.29 is 18.3 Å². The van der Waals surface area contributed by atoms with E-state index in [1.165, 1.54) is 13.1 Å². The molecule has 5 nitrogen and oxygen atoms in total. The van der Waals surface area contributed by atoms with Crippen molar-refractivity contribution in [2.45, 2.75) is 12.7 Å². The molecule has 1 heterocycles. The van der Waals surface area contributed by atoms with Crippen LogP contribution in [0.1, 0.15) is 22.2 Å². The molecule has 1 N–H and O–H groups in total. The fraction of sp³-hybridized carbons (Fsp3) is 0.429. The third-order valence-corrected chi connectivity index (χ3v) is 4.25. The summed E-state index contributed by atoms with van der Waals surface area (Å²) in [5.74, 6) is -1.38. The molecule has 0 unspecified atom stereocenters. The maximum atomic E-state index is 11.2. The number of aromatic nitrogens is 1. The van der Waals surface area contributed by atoms with E-state index < -0.39 is 15.8 Å². The lowest BCUT2D eigenvalue weighted by Crippen LogP contribution is -2.08. The number of aromatic carboxylic acids is 1. The highest BCUT2D eigenvalue weighted by molar-refractivity contribution is 7.90. The van der Waals surface area contributed by atoms with Gasteiger partial charge in [0.1, 0.15) is 0 Å². The zero-order chi connectivity index (χ0) is 10.8. The van der Waals surface area contributed by atoms with E-state index in [1.54, 1.807) is 0 Å². The largest absolute Gasteiger partial charge is 0.478 e. The van der Waals surface area contributed by atoms with Gasteiger partial charge in [0.15, 0.2) is 9.84 Å². The topological polar surface area (TPSA) is 84.3 Å². The summed E-state index contributed by atoms with van der Waals surface area (Å²) in [6.45, 7) is 1.52. The molecule has 1 aromatic rings. The number of sulfone groups is 1. The predicted molar refractivity (Wildman–Crippen MR) is 52.2 cm³/mol. The zero-order valence-electron chi connectivity index (χ0n) is 7.43. The van der Waals surface area contributed by atoms with Gasteiger partial charge in [0.2, 0.25) is 0 Å². The van der Waals surface area contributed by atoms with E-state index in [2.05, 4.69) is 4.37 Å². The first-order valence-corrected chi connectivity index (χ1v) is 6.43. The van der Waals surface area contributed by atoms with Gasteiger partial charge in [-0.05, 0) is 11.5 Å². The molecule has 0 spiro atoms. The Balaban J connectivity index is 2.98. The zero-order valence-corrected chi connectivity index (χ0v) is 9.06. The molecule has 0 fully saturated rings. The molecule has 0 radical (unpaired) electrons. The summed E-state index contributed by atoms with van der Waals surface area (Å²) in [7, 11) is -3.19. The minimum absolute atomic E-state index is 0.00393. The first kappa shape index (κ1) is 11.1. The molecule has 14 heavy (non-hydrogen) atoms. The van der Waals surface area contributed by atoms with Crippen molar-refractivity contribution in [3.05, 3.63) is 16.6 Å². The summed E-state index contributed by atoms with van der Waals surface area (Å²) in [5.41, 5.74) is -0.0213. The van der Waals surface area contributed by atoms with Crippen LogP contribution in [-0.2, 0) is 15.6 Å². The fourth-order valence-corrected chi connectivity index (χ4v) is 2.88. The Kier molecular flexibility index (Phi) is 3.22. The second-order valence-corrected chi connectivity index (χ2v) is 5.88. The Morgan fingerprint density at radius 2 is 2.29 bits per heavy atom. The standard InChI is InChI=1S/C7H9NO4S2/c1-2-14(11,12)4-6-5(7(9)10)3-8-13-6/h3H,2,4H2,1H3,(H,9,10). The van der Waals surface area contributed by atoms with E-state index in [0.717, 1.165) is 11.5 Å². The first-order valence-electron chi connectivity index (χ1n) is 3.83. The summed E-state index contributed by atoms with van der Waals surface area (Å²) >= 11 is 0.910. The average molecular weight is 235 g/mol. The van der Waals surface area contributed by atoms with Gasteiger partial charge in [-0.3, -0.25) is 0 Å². The van der Waals surface area contributed by atoms with Crippen LogP contribution in [0.5, 0.6) is 0 Å². The van der Waals surface area contributed by atoms with Crippen LogP contribution in [0.4, 0.5) is 0 Å². The molecule has 1 rings (SSSR count). The second-order valence-electron chi connectivity index (χ2n) is 2.64. The molecule has 0 aliphatic rings. The molecule has 0 saturated carbocycles. The van der Waals surface area contributed by atoms with E-state index in [9.17, 15) is 13.2 Å². The van der Waals surface area contributed by atoms with Crippen molar-refractivity contribution in [3.63, 3.8) is 0 Å². The SMILES string of the molecule is CCS(=O)(=O)Cc1sncc1C(=O)O. The molecule has 0 atom stereocenters. The lowest BCUT2D eigenvalue weighted by Gasteiger charge is -1.98. The van der Waals surface area contributed by atoms with Crippen LogP contribution in [0.25, 0.3) is 0 Å². The summed E-state index contributed by atoms with van der Waals surface area (Å²) < 4.78 is 26.1. The quantitative estimate of drug-likeness (QED) is 0.833. The van der Waals surface area contributed by atoms with E-state index >= 15 is 0 Å². The Morgan fingerprint density at radius 1 is 1.64 bits per heavy atom. The van der Waals surface area contributed by atoms with Crippen LogP contribution in [0.2, 0.25) is 0 Å². The lowest BCUT2D eigenvalue weighted by atomic mass is 10.3. The summed E-state index contributed by atoms with van der Waals surface area (Å²) in [5, 5.41) is 8.70. The second kappa shape index (κ2) is 4.05. The van der Waals surface area contributed by atoms with Crippen LogP contribution in [0.15, 0.2) is 6.20 Å². The van der Waals surface area contributed by atoms with Gasteiger partial charge in [-0.2, -0.15) is 4.37 Å². The van der Waals surface area contributed by atoms with Crippen molar-refractivity contribution in [2.75, 3.05) is 5.75 Å². The van der Waals surface area contributed by atoms with Crippen molar-refractivity contribution in [1.29, 1.82) is 0 Å². The summed E-state index contributed by atoms with van der Waals surface area (Å²) in [6.07, 6.45) is 1.17. The molecule has 0 aromatic carbocycles. The molecular formula is C7H9NO4S2. The maximum absolute atomic E-state index is 11.2. The molecule has 1 aromatic heterocycles. The number of nitrogens with zero attached hydrogens (tertiary/aromatic N) is 1. The van der Waals surface area contributed by atoms with Crippen molar-refractivity contribution in [2.24, 2.45) is 0 Å². The number of carboxylic acid groups (broad SMARTS) is 1. The molecule has 0 aliphatic heterocycles. The number of hydrogen-bond donors (Lipinski definition) is 1. The van der Waals surface area contributed by atoms with Gasteiger partial charge in [-0.1, -0.05) is 6.92 Å². The molecule has 0 saturated heterocycles. The Labute approximate surface area is 85.5 Å². The van der Waals surface area contributed by atoms with Gasteiger partial charge in [0.05, 0.1) is 22.4 Å². The van der Waals surface area contributed by atoms with Crippen molar-refractivity contribution in [3.8, 4) is 0 Å². The Hall–Kier alpha value is -0.950. The number of rotatable bonds is 4. The smallest absolute Gasteiger partial charge is 0.338 e. The van der Waals surface area contributed by atoms with Crippen LogP contribution < -0.4 is 0 Å². The lowest BCUT2D eigenvalue weighted by molar-refractivity contribution is 0.0696. The minimum Gasteiger partial charge on any atom is -0.478 e. The van der Waals surface area contributed by atoms with Crippen LogP contribution >= 0.6 is 11.5 Å². The van der Waals surface area contributed by atoms with Gasteiger partial charge < -0.3 is 5.11 Å². The van der Waals surface area contributed by atoms with Gasteiger partial charge in [0, 0.05) is 5.75 Å². The maximum Gasteiger partial charge on any atom is 0.338 e. The normalized spacial score (nSPS) is 11.5. The van der Waals surface area contributed by atoms with Crippen LogP contribution in [0, 0.1) is 0 Å². The minimum atomic E-state index is -3.19. The van der Waals surface area contributed by atoms with E-state index in [0.29, 0.717) is 4.88 Å². The van der Waals surface area contributed by atoms with Crippen molar-refractivity contribution >= 4 is 27.3 Å². The average Bonchev–Trinajstić information content (AvgIpc) is 2.51. The third-order valence-electron chi connectivity index (χ3n) is 1.67. The van der Waals surface area contributed by atoms with E-state index in [-0.39, 0.29) is 17.1 Å². The molecule has 78 valence electrons. The highest BCUT2D eigenvalue weighted by Crippen LogP contribution is 2.17. The molecule has 0 amide bonds. The van der Waals surface area contributed by atoms with Crippen molar-refractivity contribution in [1.82, 2.24) is 4.37 Å². The van der Waals surface area contributed by atoms with Crippen LogP contribution in [0.3, 0.4) is 0 Å². The summed E-state index contributed by atoms with van der Waals surface area (Å²) in [4.78, 5) is 10.9.